The first-order valence-corrected chi connectivity index (χ1v) is 5.62. The fraction of sp³-hybridized carbons (Fsp3) is 0.900. The smallest absolute Gasteiger partial charge is 0.228 e. The van der Waals surface area contributed by atoms with E-state index in [2.05, 4.69) is 5.32 Å². The van der Waals surface area contributed by atoms with Crippen LogP contribution in [0, 0.1) is 5.92 Å². The summed E-state index contributed by atoms with van der Waals surface area (Å²) in [7, 11) is 0. The molecule has 5 nitrogen and oxygen atoms in total. The Morgan fingerprint density at radius 3 is 3.13 bits per heavy atom. The second-order valence-electron chi connectivity index (χ2n) is 4.19. The first-order chi connectivity index (χ1) is 7.33. The molecular formula is C10H19N3O2. The van der Waals surface area contributed by atoms with Crippen molar-refractivity contribution in [3.63, 3.8) is 0 Å². The lowest BCUT2D eigenvalue weighted by atomic mass is 10.0. The van der Waals surface area contributed by atoms with Crippen LogP contribution in [0.4, 0.5) is 0 Å². The van der Waals surface area contributed by atoms with Gasteiger partial charge in [-0.1, -0.05) is 0 Å². The predicted octanol–water partition coefficient (Wildman–Crippen LogP) is -1.22. The number of nitrogens with one attached hydrogen (secondary N) is 1. The maximum Gasteiger partial charge on any atom is 0.228 e. The zero-order valence-electron chi connectivity index (χ0n) is 8.95. The monoisotopic (exact) mass is 213 g/mol. The summed E-state index contributed by atoms with van der Waals surface area (Å²) in [5.74, 6) is 0.293. The van der Waals surface area contributed by atoms with E-state index < -0.39 is 0 Å². The van der Waals surface area contributed by atoms with E-state index in [1.807, 2.05) is 4.90 Å². The minimum atomic E-state index is 0.0668. The molecule has 2 fully saturated rings. The second kappa shape index (κ2) is 4.92. The number of ether oxygens (including phenoxy) is 1. The van der Waals surface area contributed by atoms with Gasteiger partial charge < -0.3 is 20.7 Å². The first-order valence-electron chi connectivity index (χ1n) is 5.62. The molecule has 2 saturated heterocycles. The molecule has 0 aromatic rings. The lowest BCUT2D eigenvalue weighted by Crippen LogP contribution is -2.57. The van der Waals surface area contributed by atoms with Crippen molar-refractivity contribution in [1.29, 1.82) is 0 Å². The number of hydrogen-bond donors (Lipinski definition) is 2. The van der Waals surface area contributed by atoms with Gasteiger partial charge >= 0.3 is 0 Å². The molecule has 3 N–H and O–H groups in total. The highest BCUT2D eigenvalue weighted by Crippen LogP contribution is 2.17. The Morgan fingerprint density at radius 1 is 1.60 bits per heavy atom. The molecule has 2 atom stereocenters. The van der Waals surface area contributed by atoms with Crippen molar-refractivity contribution in [3.05, 3.63) is 0 Å². The van der Waals surface area contributed by atoms with Crippen molar-refractivity contribution in [2.45, 2.75) is 12.5 Å². The van der Waals surface area contributed by atoms with Crippen molar-refractivity contribution in [2.75, 3.05) is 39.4 Å². The number of rotatable bonds is 2. The number of nitrogens with two attached hydrogens (primary N) is 1. The van der Waals surface area contributed by atoms with E-state index in [9.17, 15) is 4.79 Å². The molecule has 2 unspecified atom stereocenters. The molecule has 2 heterocycles. The molecule has 2 aliphatic rings. The number of nitrogens with zero attached hydrogens (tertiary/aromatic N) is 1. The quantitative estimate of drug-likeness (QED) is 0.603. The average molecular weight is 213 g/mol. The summed E-state index contributed by atoms with van der Waals surface area (Å²) >= 11 is 0. The molecule has 5 heteroatoms. The van der Waals surface area contributed by atoms with E-state index in [4.69, 9.17) is 10.5 Å². The number of piperazine rings is 1. The van der Waals surface area contributed by atoms with E-state index >= 15 is 0 Å². The summed E-state index contributed by atoms with van der Waals surface area (Å²) < 4.78 is 5.24. The van der Waals surface area contributed by atoms with Crippen molar-refractivity contribution >= 4 is 5.91 Å². The fourth-order valence-corrected chi connectivity index (χ4v) is 2.23. The Bertz CT molecular complexity index is 229. The van der Waals surface area contributed by atoms with Gasteiger partial charge in [0, 0.05) is 32.8 Å². The SMILES string of the molecule is NCC1CNCCN1C(=O)C1CCOC1. The highest BCUT2D eigenvalue weighted by Gasteiger charge is 2.32. The predicted molar refractivity (Wildman–Crippen MR) is 56.4 cm³/mol. The van der Waals surface area contributed by atoms with Gasteiger partial charge in [0.1, 0.15) is 0 Å². The van der Waals surface area contributed by atoms with E-state index in [0.29, 0.717) is 13.2 Å². The van der Waals surface area contributed by atoms with Crippen LogP contribution in [0.25, 0.3) is 0 Å². The van der Waals surface area contributed by atoms with Gasteiger partial charge in [-0.3, -0.25) is 4.79 Å². The number of hydrogen-bond acceptors (Lipinski definition) is 4. The van der Waals surface area contributed by atoms with Crippen LogP contribution in [-0.2, 0) is 9.53 Å². The van der Waals surface area contributed by atoms with Crippen LogP contribution >= 0.6 is 0 Å². The van der Waals surface area contributed by atoms with Crippen LogP contribution in [0.5, 0.6) is 0 Å². The largest absolute Gasteiger partial charge is 0.381 e. The Labute approximate surface area is 89.9 Å². The highest BCUT2D eigenvalue weighted by atomic mass is 16.5. The lowest BCUT2D eigenvalue weighted by Gasteiger charge is -2.36. The van der Waals surface area contributed by atoms with Gasteiger partial charge in [-0.25, -0.2) is 0 Å². The van der Waals surface area contributed by atoms with E-state index in [1.54, 1.807) is 0 Å². The zero-order valence-corrected chi connectivity index (χ0v) is 8.95. The minimum absolute atomic E-state index is 0.0668. The average Bonchev–Trinajstić information content (AvgIpc) is 2.81. The summed E-state index contributed by atoms with van der Waals surface area (Å²) in [6.45, 7) is 4.30. The van der Waals surface area contributed by atoms with E-state index in [1.165, 1.54) is 0 Å². The molecule has 1 amide bonds. The Balaban J connectivity index is 1.96. The third-order valence-electron chi connectivity index (χ3n) is 3.18. The van der Waals surface area contributed by atoms with Gasteiger partial charge in [0.15, 0.2) is 0 Å². The van der Waals surface area contributed by atoms with Gasteiger partial charge in [-0.05, 0) is 6.42 Å². The fourth-order valence-electron chi connectivity index (χ4n) is 2.23. The van der Waals surface area contributed by atoms with E-state index in [-0.39, 0.29) is 17.9 Å². The van der Waals surface area contributed by atoms with Gasteiger partial charge in [0.05, 0.1) is 18.6 Å². The molecule has 0 aliphatic carbocycles. The Kier molecular flexibility index (Phi) is 3.56. The highest BCUT2D eigenvalue weighted by molar-refractivity contribution is 5.79. The van der Waals surface area contributed by atoms with Crippen LogP contribution in [0.15, 0.2) is 0 Å². The van der Waals surface area contributed by atoms with Crippen molar-refractivity contribution in [2.24, 2.45) is 11.7 Å². The van der Waals surface area contributed by atoms with Crippen LogP contribution < -0.4 is 11.1 Å². The van der Waals surface area contributed by atoms with Crippen LogP contribution in [0.2, 0.25) is 0 Å². The molecular weight excluding hydrogens is 194 g/mol. The topological polar surface area (TPSA) is 67.6 Å². The molecule has 2 aliphatic heterocycles. The van der Waals surface area contributed by atoms with Gasteiger partial charge in [-0.2, -0.15) is 0 Å². The van der Waals surface area contributed by atoms with Crippen molar-refractivity contribution < 1.29 is 9.53 Å². The molecule has 0 bridgehead atoms. The molecule has 15 heavy (non-hydrogen) atoms. The third kappa shape index (κ3) is 2.30. The normalized spacial score (nSPS) is 31.9. The number of carbonyl (C=O) groups is 1. The summed E-state index contributed by atoms with van der Waals surface area (Å²) in [5.41, 5.74) is 5.66. The van der Waals surface area contributed by atoms with Gasteiger partial charge in [0.25, 0.3) is 0 Å². The molecule has 86 valence electrons. The summed E-state index contributed by atoms with van der Waals surface area (Å²) in [5, 5.41) is 3.26. The maximum absolute atomic E-state index is 12.1. The van der Waals surface area contributed by atoms with Gasteiger partial charge in [-0.15, -0.1) is 0 Å². The minimum Gasteiger partial charge on any atom is -0.381 e. The second-order valence-corrected chi connectivity index (χ2v) is 4.19. The van der Waals surface area contributed by atoms with Crippen LogP contribution in [0.1, 0.15) is 6.42 Å². The van der Waals surface area contributed by atoms with Crippen LogP contribution in [-0.4, -0.2) is 56.2 Å². The third-order valence-corrected chi connectivity index (χ3v) is 3.18. The lowest BCUT2D eigenvalue weighted by molar-refractivity contribution is -0.138. The summed E-state index contributed by atoms with van der Waals surface area (Å²) in [6.07, 6.45) is 0.861. The Hall–Kier alpha value is -0.650. The maximum atomic E-state index is 12.1. The summed E-state index contributed by atoms with van der Waals surface area (Å²) in [4.78, 5) is 14.1. The first kappa shape index (κ1) is 10.9. The molecule has 0 saturated carbocycles. The van der Waals surface area contributed by atoms with Crippen LogP contribution in [0.3, 0.4) is 0 Å². The number of carbonyl (C=O) groups excluding carboxylic acids is 1. The zero-order chi connectivity index (χ0) is 10.7. The molecule has 0 aromatic heterocycles. The Morgan fingerprint density at radius 2 is 2.47 bits per heavy atom. The van der Waals surface area contributed by atoms with Gasteiger partial charge in [0.2, 0.25) is 5.91 Å². The van der Waals surface area contributed by atoms with Crippen molar-refractivity contribution in [3.8, 4) is 0 Å². The van der Waals surface area contributed by atoms with Crippen molar-refractivity contribution in [1.82, 2.24) is 10.2 Å². The standard InChI is InChI=1S/C10H19N3O2/c11-5-9-6-12-2-3-13(9)10(14)8-1-4-15-7-8/h8-9,12H,1-7,11H2. The molecule has 0 spiro atoms. The molecule has 0 aromatic carbocycles. The number of amides is 1. The molecule has 0 radical (unpaired) electrons. The van der Waals surface area contributed by atoms with E-state index in [0.717, 1.165) is 32.7 Å². The summed E-state index contributed by atoms with van der Waals surface area (Å²) in [6, 6.07) is 0.159. The molecule has 2 rings (SSSR count).